The monoisotopic (exact) mass is 223 g/mol. The highest BCUT2D eigenvalue weighted by molar-refractivity contribution is 5.75. The Labute approximate surface area is 99.5 Å². The van der Waals surface area contributed by atoms with Crippen LogP contribution in [0.1, 0.15) is 5.56 Å². The van der Waals surface area contributed by atoms with Gasteiger partial charge in [0.1, 0.15) is 17.2 Å². The molecule has 3 rings (SSSR count). The first-order valence-corrected chi connectivity index (χ1v) is 5.55. The van der Waals surface area contributed by atoms with Crippen LogP contribution in [0.5, 0.6) is 0 Å². The summed E-state index contributed by atoms with van der Waals surface area (Å²) in [6, 6.07) is 14.1. The summed E-state index contributed by atoms with van der Waals surface area (Å²) in [5.74, 6) is 0.686. The van der Waals surface area contributed by atoms with Gasteiger partial charge in [0.05, 0.1) is 0 Å². The molecule has 2 heterocycles. The molecule has 3 heteroatoms. The number of aromatic nitrogens is 2. The molecule has 0 aliphatic heterocycles. The predicted octanol–water partition coefficient (Wildman–Crippen LogP) is 2.89. The first-order valence-electron chi connectivity index (χ1n) is 5.55. The number of aryl methyl sites for hydroxylation is 1. The van der Waals surface area contributed by atoms with Gasteiger partial charge in [-0.05, 0) is 25.1 Å². The van der Waals surface area contributed by atoms with Gasteiger partial charge in [0.25, 0.3) is 0 Å². The van der Waals surface area contributed by atoms with Crippen molar-refractivity contribution in [1.82, 2.24) is 9.38 Å². The van der Waals surface area contributed by atoms with Crippen LogP contribution in [0.15, 0.2) is 48.7 Å². The van der Waals surface area contributed by atoms with Crippen LogP contribution < -0.4 is 5.73 Å². The lowest BCUT2D eigenvalue weighted by atomic mass is 10.1. The highest BCUT2D eigenvalue weighted by atomic mass is 15.1. The zero-order valence-electron chi connectivity index (χ0n) is 9.59. The molecule has 84 valence electrons. The van der Waals surface area contributed by atoms with Gasteiger partial charge in [-0.15, -0.1) is 0 Å². The van der Waals surface area contributed by atoms with Crippen molar-refractivity contribution in [2.24, 2.45) is 0 Å². The largest absolute Gasteiger partial charge is 0.383 e. The van der Waals surface area contributed by atoms with Crippen molar-refractivity contribution >= 4 is 11.5 Å². The Kier molecular flexibility index (Phi) is 2.11. The maximum Gasteiger partial charge on any atom is 0.139 e. The third-order valence-corrected chi connectivity index (χ3v) is 2.86. The second-order valence-corrected chi connectivity index (χ2v) is 4.14. The van der Waals surface area contributed by atoms with E-state index in [2.05, 4.69) is 24.0 Å². The van der Waals surface area contributed by atoms with E-state index in [1.165, 1.54) is 5.56 Å². The van der Waals surface area contributed by atoms with Crippen molar-refractivity contribution < 1.29 is 0 Å². The topological polar surface area (TPSA) is 43.3 Å². The highest BCUT2D eigenvalue weighted by Crippen LogP contribution is 2.26. The van der Waals surface area contributed by atoms with Gasteiger partial charge in [0, 0.05) is 11.8 Å². The fraction of sp³-hybridized carbons (Fsp3) is 0.0714. The van der Waals surface area contributed by atoms with Crippen molar-refractivity contribution in [3.63, 3.8) is 0 Å². The zero-order valence-corrected chi connectivity index (χ0v) is 9.59. The molecule has 0 saturated carbocycles. The van der Waals surface area contributed by atoms with Gasteiger partial charge in [-0.1, -0.05) is 29.8 Å². The highest BCUT2D eigenvalue weighted by Gasteiger charge is 2.10. The number of pyridine rings is 1. The fourth-order valence-electron chi connectivity index (χ4n) is 2.02. The minimum atomic E-state index is 0.686. The summed E-state index contributed by atoms with van der Waals surface area (Å²) in [4.78, 5) is 4.56. The molecule has 2 aromatic heterocycles. The number of benzene rings is 1. The van der Waals surface area contributed by atoms with Crippen molar-refractivity contribution in [1.29, 1.82) is 0 Å². The predicted molar refractivity (Wildman–Crippen MR) is 69.8 cm³/mol. The van der Waals surface area contributed by atoms with Gasteiger partial charge in [-0.25, -0.2) is 4.98 Å². The summed E-state index contributed by atoms with van der Waals surface area (Å²) in [6.45, 7) is 2.06. The molecule has 0 amide bonds. The van der Waals surface area contributed by atoms with E-state index in [0.717, 1.165) is 16.9 Å². The Morgan fingerprint density at radius 1 is 1.12 bits per heavy atom. The van der Waals surface area contributed by atoms with E-state index >= 15 is 0 Å². The second kappa shape index (κ2) is 3.63. The molecule has 1 aromatic carbocycles. The van der Waals surface area contributed by atoms with Crippen LogP contribution in [-0.2, 0) is 0 Å². The molecule has 0 aliphatic rings. The van der Waals surface area contributed by atoms with Gasteiger partial charge in [0.15, 0.2) is 0 Å². The summed E-state index contributed by atoms with van der Waals surface area (Å²) in [5.41, 5.74) is 10.1. The second-order valence-electron chi connectivity index (χ2n) is 4.14. The Hall–Kier alpha value is -2.29. The Morgan fingerprint density at radius 3 is 2.76 bits per heavy atom. The average Bonchev–Trinajstić information content (AvgIpc) is 2.68. The van der Waals surface area contributed by atoms with E-state index in [1.54, 1.807) is 0 Å². The molecule has 0 saturated heterocycles. The number of hydrogen-bond donors (Lipinski definition) is 1. The van der Waals surface area contributed by atoms with E-state index in [0.29, 0.717) is 5.82 Å². The van der Waals surface area contributed by atoms with Gasteiger partial charge >= 0.3 is 0 Å². The normalized spacial score (nSPS) is 10.9. The van der Waals surface area contributed by atoms with Crippen LogP contribution in [0.2, 0.25) is 0 Å². The van der Waals surface area contributed by atoms with E-state index in [9.17, 15) is 0 Å². The summed E-state index contributed by atoms with van der Waals surface area (Å²) in [5, 5.41) is 0. The lowest BCUT2D eigenvalue weighted by Crippen LogP contribution is -1.93. The van der Waals surface area contributed by atoms with Gasteiger partial charge < -0.3 is 5.73 Å². The minimum absolute atomic E-state index is 0.686. The van der Waals surface area contributed by atoms with Crippen LogP contribution in [0.3, 0.4) is 0 Å². The standard InChI is InChI=1S/C14H13N3/c1-10-5-4-6-11(9-10)13-14(15)17-8-3-2-7-12(17)16-13/h2-9H,15H2,1H3. The van der Waals surface area contributed by atoms with E-state index in [1.807, 2.05) is 40.9 Å². The molecule has 0 unspecified atom stereocenters. The molecule has 2 N–H and O–H groups in total. The number of fused-ring (bicyclic) bond motifs is 1. The van der Waals surface area contributed by atoms with E-state index in [-0.39, 0.29) is 0 Å². The molecule has 0 fully saturated rings. The number of imidazole rings is 1. The summed E-state index contributed by atoms with van der Waals surface area (Å²) < 4.78 is 1.90. The lowest BCUT2D eigenvalue weighted by molar-refractivity contribution is 1.20. The SMILES string of the molecule is Cc1cccc(-c2nc3ccccn3c2N)c1. The Bertz CT molecular complexity index is 683. The molecule has 0 spiro atoms. The third kappa shape index (κ3) is 1.56. The number of nitrogen functional groups attached to an aromatic ring is 1. The van der Waals surface area contributed by atoms with E-state index < -0.39 is 0 Å². The van der Waals surface area contributed by atoms with Crippen molar-refractivity contribution in [3.8, 4) is 11.3 Å². The number of nitrogens with two attached hydrogens (primary N) is 1. The van der Waals surface area contributed by atoms with Crippen molar-refractivity contribution in [2.45, 2.75) is 6.92 Å². The quantitative estimate of drug-likeness (QED) is 0.689. The molecular formula is C14H13N3. The molecule has 3 nitrogen and oxygen atoms in total. The fourth-order valence-corrected chi connectivity index (χ4v) is 2.02. The first kappa shape index (κ1) is 9.90. The molecule has 0 bridgehead atoms. The minimum Gasteiger partial charge on any atom is -0.383 e. The molecule has 0 atom stereocenters. The third-order valence-electron chi connectivity index (χ3n) is 2.86. The van der Waals surface area contributed by atoms with E-state index in [4.69, 9.17) is 5.73 Å². The zero-order chi connectivity index (χ0) is 11.8. The Balaban J connectivity index is 2.27. The van der Waals surface area contributed by atoms with Crippen LogP contribution in [0.4, 0.5) is 5.82 Å². The summed E-state index contributed by atoms with van der Waals surface area (Å²) >= 11 is 0. The Morgan fingerprint density at radius 2 is 2.00 bits per heavy atom. The summed E-state index contributed by atoms with van der Waals surface area (Å²) in [6.07, 6.45) is 1.93. The maximum atomic E-state index is 6.12. The maximum absolute atomic E-state index is 6.12. The number of hydrogen-bond acceptors (Lipinski definition) is 2. The van der Waals surface area contributed by atoms with Gasteiger partial charge in [0.2, 0.25) is 0 Å². The van der Waals surface area contributed by atoms with Crippen LogP contribution in [0, 0.1) is 6.92 Å². The number of nitrogens with zero attached hydrogens (tertiary/aromatic N) is 2. The first-order chi connectivity index (χ1) is 8.25. The van der Waals surface area contributed by atoms with Crippen molar-refractivity contribution in [2.75, 3.05) is 5.73 Å². The van der Waals surface area contributed by atoms with Crippen LogP contribution >= 0.6 is 0 Å². The lowest BCUT2D eigenvalue weighted by Gasteiger charge is -2.00. The molecule has 3 aromatic rings. The molecule has 0 radical (unpaired) electrons. The van der Waals surface area contributed by atoms with Crippen molar-refractivity contribution in [3.05, 3.63) is 54.2 Å². The summed E-state index contributed by atoms with van der Waals surface area (Å²) in [7, 11) is 0. The molecule has 0 aliphatic carbocycles. The average molecular weight is 223 g/mol. The molecular weight excluding hydrogens is 210 g/mol. The number of anilines is 1. The molecule has 17 heavy (non-hydrogen) atoms. The van der Waals surface area contributed by atoms with Crippen LogP contribution in [0.25, 0.3) is 16.9 Å². The van der Waals surface area contributed by atoms with Gasteiger partial charge in [-0.2, -0.15) is 0 Å². The smallest absolute Gasteiger partial charge is 0.139 e. The van der Waals surface area contributed by atoms with Gasteiger partial charge in [-0.3, -0.25) is 4.40 Å². The number of rotatable bonds is 1. The van der Waals surface area contributed by atoms with Crippen LogP contribution in [-0.4, -0.2) is 9.38 Å².